The first-order chi connectivity index (χ1) is 9.00. The first kappa shape index (κ1) is 14.2. The maximum Gasteiger partial charge on any atom is 0.323 e. The van der Waals surface area contributed by atoms with E-state index in [0.29, 0.717) is 23.3 Å². The van der Waals surface area contributed by atoms with E-state index in [-0.39, 0.29) is 5.95 Å². The van der Waals surface area contributed by atoms with Gasteiger partial charge in [-0.15, -0.1) is 0 Å². The second kappa shape index (κ2) is 5.81. The van der Waals surface area contributed by atoms with Crippen molar-refractivity contribution in [1.82, 2.24) is 15.0 Å². The van der Waals surface area contributed by atoms with Crippen LogP contribution in [0, 0.1) is 0 Å². The number of nitrogens with zero attached hydrogens (tertiary/aromatic N) is 4. The lowest BCUT2D eigenvalue weighted by atomic mass is 10.1. The summed E-state index contributed by atoms with van der Waals surface area (Å²) in [5, 5.41) is 0. The van der Waals surface area contributed by atoms with Gasteiger partial charge >= 0.3 is 6.01 Å². The van der Waals surface area contributed by atoms with Crippen LogP contribution in [0.3, 0.4) is 0 Å². The Morgan fingerprint density at radius 3 is 2.84 bits per heavy atom. The van der Waals surface area contributed by atoms with Crippen LogP contribution in [0.1, 0.15) is 27.2 Å². The molecular formula is C12H21N5OS. The lowest BCUT2D eigenvalue weighted by Crippen LogP contribution is -2.29. The van der Waals surface area contributed by atoms with E-state index in [9.17, 15) is 0 Å². The number of anilines is 2. The summed E-state index contributed by atoms with van der Waals surface area (Å²) in [7, 11) is 0. The fourth-order valence-corrected chi connectivity index (χ4v) is 3.02. The fraction of sp³-hybridized carbons (Fsp3) is 0.750. The number of nitrogen functional groups attached to an aromatic ring is 1. The van der Waals surface area contributed by atoms with Gasteiger partial charge in [-0.2, -0.15) is 26.7 Å². The summed E-state index contributed by atoms with van der Waals surface area (Å²) in [6.07, 6.45) is 1.09. The van der Waals surface area contributed by atoms with Crippen molar-refractivity contribution < 1.29 is 4.74 Å². The molecule has 7 heteroatoms. The minimum Gasteiger partial charge on any atom is -0.464 e. The number of thioether (sulfide) groups is 1. The van der Waals surface area contributed by atoms with Crippen molar-refractivity contribution in [3.8, 4) is 6.01 Å². The van der Waals surface area contributed by atoms with Gasteiger partial charge in [0.15, 0.2) is 0 Å². The molecule has 0 bridgehead atoms. The number of aromatic nitrogens is 3. The van der Waals surface area contributed by atoms with Crippen molar-refractivity contribution in [2.24, 2.45) is 0 Å². The smallest absolute Gasteiger partial charge is 0.323 e. The Morgan fingerprint density at radius 1 is 1.32 bits per heavy atom. The van der Waals surface area contributed by atoms with Crippen molar-refractivity contribution in [1.29, 1.82) is 0 Å². The normalized spacial score (nSPS) is 19.0. The molecule has 2 rings (SSSR count). The molecule has 1 aromatic rings. The van der Waals surface area contributed by atoms with Crippen LogP contribution in [0.2, 0.25) is 0 Å². The van der Waals surface area contributed by atoms with Gasteiger partial charge in [0.25, 0.3) is 0 Å². The van der Waals surface area contributed by atoms with Crippen LogP contribution in [-0.2, 0) is 0 Å². The van der Waals surface area contributed by atoms with Gasteiger partial charge in [-0.05, 0) is 13.3 Å². The topological polar surface area (TPSA) is 77.2 Å². The van der Waals surface area contributed by atoms with Gasteiger partial charge in [0.1, 0.15) is 0 Å². The largest absolute Gasteiger partial charge is 0.464 e. The number of ether oxygens (including phenoxy) is 1. The second-order valence-corrected chi connectivity index (χ2v) is 6.86. The molecule has 1 aliphatic heterocycles. The molecular weight excluding hydrogens is 262 g/mol. The first-order valence-electron chi connectivity index (χ1n) is 6.53. The third kappa shape index (κ3) is 3.86. The van der Waals surface area contributed by atoms with E-state index in [1.54, 1.807) is 0 Å². The Balaban J connectivity index is 2.16. The average molecular weight is 283 g/mol. The fourth-order valence-electron chi connectivity index (χ4n) is 1.92. The van der Waals surface area contributed by atoms with Crippen LogP contribution in [0.25, 0.3) is 0 Å². The van der Waals surface area contributed by atoms with E-state index in [1.807, 2.05) is 18.7 Å². The number of hydrogen-bond donors (Lipinski definition) is 1. The van der Waals surface area contributed by atoms with E-state index in [0.717, 1.165) is 25.3 Å². The molecule has 0 unspecified atom stereocenters. The molecule has 0 aliphatic carbocycles. The molecule has 19 heavy (non-hydrogen) atoms. The molecule has 0 radical (unpaired) electrons. The van der Waals surface area contributed by atoms with E-state index >= 15 is 0 Å². The summed E-state index contributed by atoms with van der Waals surface area (Å²) < 4.78 is 5.62. The number of hydrogen-bond acceptors (Lipinski definition) is 7. The Bertz CT molecular complexity index is 440. The SMILES string of the molecule is CCOc1nc(N)nc(N2CCSC(C)(C)CC2)n1. The highest BCUT2D eigenvalue weighted by molar-refractivity contribution is 8.00. The van der Waals surface area contributed by atoms with E-state index in [1.165, 1.54) is 0 Å². The number of rotatable bonds is 3. The van der Waals surface area contributed by atoms with E-state index in [4.69, 9.17) is 10.5 Å². The lowest BCUT2D eigenvalue weighted by Gasteiger charge is -2.22. The Kier molecular flexibility index (Phi) is 4.34. The van der Waals surface area contributed by atoms with Crippen LogP contribution in [0.5, 0.6) is 6.01 Å². The molecule has 1 fully saturated rings. The zero-order valence-electron chi connectivity index (χ0n) is 11.7. The summed E-state index contributed by atoms with van der Waals surface area (Å²) in [4.78, 5) is 14.7. The molecule has 6 nitrogen and oxygen atoms in total. The molecule has 106 valence electrons. The molecule has 1 saturated heterocycles. The maximum absolute atomic E-state index is 5.71. The summed E-state index contributed by atoms with van der Waals surface area (Å²) in [6.45, 7) is 8.80. The molecule has 0 spiro atoms. The van der Waals surface area contributed by atoms with E-state index in [2.05, 4.69) is 33.7 Å². The lowest BCUT2D eigenvalue weighted by molar-refractivity contribution is 0.312. The van der Waals surface area contributed by atoms with E-state index < -0.39 is 0 Å². The molecule has 1 aromatic heterocycles. The maximum atomic E-state index is 5.71. The van der Waals surface area contributed by atoms with Crippen LogP contribution < -0.4 is 15.4 Å². The van der Waals surface area contributed by atoms with Gasteiger partial charge in [-0.1, -0.05) is 13.8 Å². The molecule has 0 amide bonds. The predicted molar refractivity (Wildman–Crippen MR) is 78.8 cm³/mol. The first-order valence-corrected chi connectivity index (χ1v) is 7.52. The third-order valence-electron chi connectivity index (χ3n) is 3.01. The minimum atomic E-state index is 0.213. The van der Waals surface area contributed by atoms with Crippen molar-refractivity contribution in [2.75, 3.05) is 36.1 Å². The molecule has 2 N–H and O–H groups in total. The molecule has 0 saturated carbocycles. The van der Waals surface area contributed by atoms with Crippen LogP contribution in [-0.4, -0.2) is 45.1 Å². The highest BCUT2D eigenvalue weighted by Gasteiger charge is 2.25. The monoisotopic (exact) mass is 283 g/mol. The van der Waals surface area contributed by atoms with Crippen LogP contribution >= 0.6 is 11.8 Å². The zero-order chi connectivity index (χ0) is 13.9. The summed E-state index contributed by atoms with van der Waals surface area (Å²) >= 11 is 1.98. The molecule has 2 heterocycles. The summed E-state index contributed by atoms with van der Waals surface area (Å²) in [5.74, 6) is 1.89. The predicted octanol–water partition coefficient (Wildman–Crippen LogP) is 1.57. The highest BCUT2D eigenvalue weighted by atomic mass is 32.2. The van der Waals surface area contributed by atoms with Gasteiger partial charge in [-0.3, -0.25) is 0 Å². The van der Waals surface area contributed by atoms with Gasteiger partial charge in [0.05, 0.1) is 6.61 Å². The third-order valence-corrected chi connectivity index (χ3v) is 4.39. The Hall–Kier alpha value is -1.24. The number of nitrogens with two attached hydrogens (primary N) is 1. The second-order valence-electron chi connectivity index (χ2n) is 5.05. The van der Waals surface area contributed by atoms with Crippen molar-refractivity contribution >= 4 is 23.7 Å². The van der Waals surface area contributed by atoms with Crippen molar-refractivity contribution in [2.45, 2.75) is 31.9 Å². The molecule has 0 atom stereocenters. The summed E-state index contributed by atoms with van der Waals surface area (Å²) in [6, 6.07) is 0.307. The minimum absolute atomic E-state index is 0.213. The van der Waals surface area contributed by atoms with Crippen molar-refractivity contribution in [3.63, 3.8) is 0 Å². The van der Waals surface area contributed by atoms with Crippen LogP contribution in [0.4, 0.5) is 11.9 Å². The van der Waals surface area contributed by atoms with Gasteiger partial charge in [-0.25, -0.2) is 0 Å². The quantitative estimate of drug-likeness (QED) is 0.902. The Morgan fingerprint density at radius 2 is 2.11 bits per heavy atom. The van der Waals surface area contributed by atoms with Crippen molar-refractivity contribution in [3.05, 3.63) is 0 Å². The van der Waals surface area contributed by atoms with Gasteiger partial charge in [0.2, 0.25) is 11.9 Å². The van der Waals surface area contributed by atoms with Gasteiger partial charge in [0, 0.05) is 23.6 Å². The standard InChI is InChI=1S/C12H21N5OS/c1-4-18-11-15-9(13)14-10(16-11)17-6-5-12(2,3)19-8-7-17/h4-8H2,1-3H3,(H2,13,14,15,16). The van der Waals surface area contributed by atoms with Gasteiger partial charge < -0.3 is 15.4 Å². The molecule has 1 aliphatic rings. The molecule has 0 aromatic carbocycles. The zero-order valence-corrected chi connectivity index (χ0v) is 12.5. The summed E-state index contributed by atoms with van der Waals surface area (Å²) in [5.41, 5.74) is 5.71. The Labute approximate surface area is 118 Å². The van der Waals surface area contributed by atoms with Crippen LogP contribution in [0.15, 0.2) is 0 Å². The average Bonchev–Trinajstić information content (AvgIpc) is 2.50. The highest BCUT2D eigenvalue weighted by Crippen LogP contribution is 2.31.